The second-order valence-corrected chi connectivity index (χ2v) is 7.62. The van der Waals surface area contributed by atoms with Crippen molar-refractivity contribution >= 4 is 29.9 Å². The lowest BCUT2D eigenvalue weighted by Gasteiger charge is -2.20. The predicted octanol–water partition coefficient (Wildman–Crippen LogP) is 2.32. The number of alkyl halides is 3. The van der Waals surface area contributed by atoms with Gasteiger partial charge in [-0.05, 0) is 42.7 Å². The molecule has 0 bridgehead atoms. The van der Waals surface area contributed by atoms with Crippen molar-refractivity contribution < 1.29 is 42.0 Å². The predicted molar refractivity (Wildman–Crippen MR) is 116 cm³/mol. The van der Waals surface area contributed by atoms with E-state index in [0.29, 0.717) is 16.7 Å². The number of furan rings is 1. The van der Waals surface area contributed by atoms with Crippen LogP contribution in [-0.4, -0.2) is 41.3 Å². The Balaban J connectivity index is 1.58. The molecule has 180 valence electrons. The van der Waals surface area contributed by atoms with Crippen molar-refractivity contribution in [3.8, 4) is 5.75 Å². The van der Waals surface area contributed by atoms with E-state index in [1.54, 1.807) is 24.3 Å². The fourth-order valence-corrected chi connectivity index (χ4v) is 3.28. The number of benzene rings is 2. The van der Waals surface area contributed by atoms with Crippen LogP contribution in [0.25, 0.3) is 11.0 Å². The van der Waals surface area contributed by atoms with Gasteiger partial charge in [0.1, 0.15) is 17.3 Å². The van der Waals surface area contributed by atoms with Gasteiger partial charge in [-0.25, -0.2) is 0 Å². The van der Waals surface area contributed by atoms with Crippen LogP contribution in [0.15, 0.2) is 59.2 Å². The molecular formula is C22H22BF3N2O6. The lowest BCUT2D eigenvalue weighted by atomic mass is 9.75. The molecule has 0 aliphatic carbocycles. The second kappa shape index (κ2) is 10.6. The van der Waals surface area contributed by atoms with E-state index >= 15 is 0 Å². The number of fused-ring (bicyclic) bond motifs is 1. The minimum absolute atomic E-state index is 0.0424. The average molecular weight is 478 g/mol. The zero-order valence-electron chi connectivity index (χ0n) is 18.0. The largest absolute Gasteiger partial charge is 0.573 e. The normalized spacial score (nSPS) is 13.2. The number of halogens is 3. The Morgan fingerprint density at radius 2 is 1.85 bits per heavy atom. The molecule has 0 radical (unpaired) electrons. The van der Waals surface area contributed by atoms with Crippen molar-refractivity contribution in [2.24, 2.45) is 5.92 Å². The van der Waals surface area contributed by atoms with E-state index in [1.807, 2.05) is 0 Å². The van der Waals surface area contributed by atoms with Gasteiger partial charge in [0.05, 0.1) is 12.2 Å². The van der Waals surface area contributed by atoms with Crippen LogP contribution in [-0.2, 0) is 22.6 Å². The number of hydrogen-bond donors (Lipinski definition) is 4. The SMILES string of the molecule is CC(C(=O)NCc1cccc(OC(F)(F)F)c1)C(=O)NC(Cc1coc2ccccc12)B(O)O. The summed E-state index contributed by atoms with van der Waals surface area (Å²) in [6.07, 6.45) is -3.34. The first-order valence-electron chi connectivity index (χ1n) is 10.3. The number of ether oxygens (including phenoxy) is 1. The summed E-state index contributed by atoms with van der Waals surface area (Å²) >= 11 is 0. The molecule has 0 aliphatic rings. The fraction of sp³-hybridized carbons (Fsp3) is 0.273. The summed E-state index contributed by atoms with van der Waals surface area (Å²) < 4.78 is 46.3. The third-order valence-corrected chi connectivity index (χ3v) is 5.07. The first-order chi connectivity index (χ1) is 16.0. The van der Waals surface area contributed by atoms with Gasteiger partial charge in [-0.2, -0.15) is 0 Å². The monoisotopic (exact) mass is 478 g/mol. The summed E-state index contributed by atoms with van der Waals surface area (Å²) in [7, 11) is -1.90. The summed E-state index contributed by atoms with van der Waals surface area (Å²) in [6.45, 7) is 1.18. The van der Waals surface area contributed by atoms with E-state index in [4.69, 9.17) is 4.42 Å². The van der Waals surface area contributed by atoms with E-state index < -0.39 is 42.9 Å². The summed E-state index contributed by atoms with van der Waals surface area (Å²) in [5.41, 5.74) is 1.58. The van der Waals surface area contributed by atoms with Crippen LogP contribution >= 0.6 is 0 Å². The van der Waals surface area contributed by atoms with Gasteiger partial charge in [-0.1, -0.05) is 30.3 Å². The Morgan fingerprint density at radius 1 is 1.12 bits per heavy atom. The molecule has 4 N–H and O–H groups in total. The van der Waals surface area contributed by atoms with E-state index in [-0.39, 0.29) is 13.0 Å². The summed E-state index contributed by atoms with van der Waals surface area (Å²) in [5.74, 6) is -4.20. The Kier molecular flexibility index (Phi) is 7.85. The van der Waals surface area contributed by atoms with Gasteiger partial charge in [-0.15, -0.1) is 13.2 Å². The molecule has 0 fully saturated rings. The molecule has 0 spiro atoms. The van der Waals surface area contributed by atoms with Gasteiger partial charge in [-0.3, -0.25) is 9.59 Å². The minimum atomic E-state index is -4.84. The highest BCUT2D eigenvalue weighted by Crippen LogP contribution is 2.24. The van der Waals surface area contributed by atoms with E-state index in [2.05, 4.69) is 15.4 Å². The third kappa shape index (κ3) is 6.75. The molecule has 3 rings (SSSR count). The standard InChI is InChI=1S/C22H22BF3N2O6/c1-13(20(29)27-11-14-5-4-6-16(9-14)34-22(24,25)26)21(30)28-19(23(31)32)10-15-12-33-18-8-3-2-7-17(15)18/h2-9,12-13,19,31-32H,10-11H2,1H3,(H,27,29)(H,28,30). The Morgan fingerprint density at radius 3 is 2.56 bits per heavy atom. The molecule has 12 heteroatoms. The maximum atomic E-state index is 12.6. The Labute approximate surface area is 192 Å². The van der Waals surface area contributed by atoms with Gasteiger partial charge >= 0.3 is 13.5 Å². The highest BCUT2D eigenvalue weighted by atomic mass is 19.4. The molecule has 1 heterocycles. The molecule has 0 aliphatic heterocycles. The average Bonchev–Trinajstić information content (AvgIpc) is 3.18. The molecule has 8 nitrogen and oxygen atoms in total. The van der Waals surface area contributed by atoms with Gasteiger partial charge in [0.25, 0.3) is 0 Å². The number of hydrogen-bond acceptors (Lipinski definition) is 6. The lowest BCUT2D eigenvalue weighted by Crippen LogP contribution is -2.51. The van der Waals surface area contributed by atoms with Crippen LogP contribution in [0, 0.1) is 5.92 Å². The number of rotatable bonds is 9. The highest BCUT2D eigenvalue weighted by molar-refractivity contribution is 6.43. The van der Waals surface area contributed by atoms with Gasteiger partial charge in [0, 0.05) is 11.9 Å². The van der Waals surface area contributed by atoms with Crippen molar-refractivity contribution in [2.45, 2.75) is 32.2 Å². The van der Waals surface area contributed by atoms with Crippen molar-refractivity contribution in [1.82, 2.24) is 10.6 Å². The molecule has 2 amide bonds. The second-order valence-electron chi connectivity index (χ2n) is 7.62. The summed E-state index contributed by atoms with van der Waals surface area (Å²) in [6, 6.07) is 12.2. The smallest absolute Gasteiger partial charge is 0.464 e. The number of carbonyl (C=O) groups is 2. The van der Waals surface area contributed by atoms with Crippen LogP contribution in [0.1, 0.15) is 18.1 Å². The van der Waals surface area contributed by atoms with Crippen molar-refractivity contribution in [2.75, 3.05) is 0 Å². The van der Waals surface area contributed by atoms with Crippen LogP contribution < -0.4 is 15.4 Å². The number of carbonyl (C=O) groups excluding carboxylic acids is 2. The molecular weight excluding hydrogens is 456 g/mol. The lowest BCUT2D eigenvalue weighted by molar-refractivity contribution is -0.274. The summed E-state index contributed by atoms with van der Waals surface area (Å²) in [4.78, 5) is 24.9. The number of para-hydroxylation sites is 1. The number of nitrogens with one attached hydrogen (secondary N) is 2. The molecule has 2 unspecified atom stereocenters. The molecule has 3 aromatic rings. The number of amides is 2. The maximum Gasteiger partial charge on any atom is 0.573 e. The third-order valence-electron chi connectivity index (χ3n) is 5.07. The Hall–Kier alpha value is -3.51. The first-order valence-corrected chi connectivity index (χ1v) is 10.3. The van der Waals surface area contributed by atoms with E-state index in [0.717, 1.165) is 17.5 Å². The maximum absolute atomic E-state index is 12.6. The fourth-order valence-electron chi connectivity index (χ4n) is 3.28. The van der Waals surface area contributed by atoms with Crippen LogP contribution in [0.4, 0.5) is 13.2 Å². The van der Waals surface area contributed by atoms with Gasteiger partial charge < -0.3 is 29.8 Å². The molecule has 2 aromatic carbocycles. The van der Waals surface area contributed by atoms with Crippen LogP contribution in [0.3, 0.4) is 0 Å². The molecule has 2 atom stereocenters. The zero-order valence-corrected chi connectivity index (χ0v) is 18.0. The minimum Gasteiger partial charge on any atom is -0.464 e. The van der Waals surface area contributed by atoms with Crippen molar-refractivity contribution in [3.05, 3.63) is 65.9 Å². The molecule has 0 saturated carbocycles. The van der Waals surface area contributed by atoms with Crippen LogP contribution in [0.2, 0.25) is 0 Å². The van der Waals surface area contributed by atoms with Crippen molar-refractivity contribution in [3.63, 3.8) is 0 Å². The topological polar surface area (TPSA) is 121 Å². The first kappa shape index (κ1) is 25.1. The van der Waals surface area contributed by atoms with Gasteiger partial charge in [0.15, 0.2) is 0 Å². The molecule has 34 heavy (non-hydrogen) atoms. The Bertz CT molecular complexity index is 1150. The quantitative estimate of drug-likeness (QED) is 0.277. The zero-order chi connectivity index (χ0) is 24.9. The summed E-state index contributed by atoms with van der Waals surface area (Å²) in [5, 5.41) is 25.1. The van der Waals surface area contributed by atoms with Crippen LogP contribution in [0.5, 0.6) is 5.75 Å². The van der Waals surface area contributed by atoms with Crippen molar-refractivity contribution in [1.29, 1.82) is 0 Å². The van der Waals surface area contributed by atoms with Gasteiger partial charge in [0.2, 0.25) is 11.8 Å². The van der Waals surface area contributed by atoms with E-state index in [9.17, 15) is 32.8 Å². The highest BCUT2D eigenvalue weighted by Gasteiger charge is 2.32. The molecule has 0 saturated heterocycles. The van der Waals surface area contributed by atoms with E-state index in [1.165, 1.54) is 25.3 Å². The molecule has 1 aromatic heterocycles.